The van der Waals surface area contributed by atoms with Crippen LogP contribution in [0.1, 0.15) is 41.1 Å². The predicted octanol–water partition coefficient (Wildman–Crippen LogP) is 4.36. The van der Waals surface area contributed by atoms with Gasteiger partial charge in [-0.15, -0.1) is 17.9 Å². The molecular formula is C16H22N2OS. The van der Waals surface area contributed by atoms with Gasteiger partial charge in [-0.05, 0) is 19.1 Å². The lowest BCUT2D eigenvalue weighted by atomic mass is 10.2. The van der Waals surface area contributed by atoms with E-state index in [1.807, 2.05) is 17.4 Å². The Labute approximate surface area is 124 Å². The highest BCUT2D eigenvalue weighted by Crippen LogP contribution is 2.19. The molecule has 2 rings (SSSR count). The van der Waals surface area contributed by atoms with Gasteiger partial charge in [-0.25, -0.2) is 4.98 Å². The van der Waals surface area contributed by atoms with Crippen LogP contribution in [0.15, 0.2) is 35.5 Å². The number of nitrogens with zero attached hydrogens (tertiary/aromatic N) is 2. The Morgan fingerprint density at radius 2 is 2.20 bits per heavy atom. The molecule has 0 saturated carbocycles. The van der Waals surface area contributed by atoms with Crippen molar-refractivity contribution in [3.05, 3.63) is 52.4 Å². The number of rotatable bonds is 7. The molecule has 0 radical (unpaired) electrons. The Kier molecular flexibility index (Phi) is 5.15. The minimum atomic E-state index is 0.330. The summed E-state index contributed by atoms with van der Waals surface area (Å²) in [5.41, 5.74) is 0.990. The standard InChI is InChI=1S/C16H22N2OS/c1-5-8-18(10-15-7-6-13(4)20-15)9-14-11-19-16(17-14)12(2)3/h5-7,11-12H,1,8-10H2,2-4H3. The molecule has 0 aliphatic heterocycles. The van der Waals surface area contributed by atoms with Gasteiger partial charge in [0, 0.05) is 35.3 Å². The van der Waals surface area contributed by atoms with Crippen LogP contribution in [-0.2, 0) is 13.1 Å². The van der Waals surface area contributed by atoms with Crippen molar-refractivity contribution in [2.75, 3.05) is 6.54 Å². The largest absolute Gasteiger partial charge is 0.448 e. The molecule has 2 aromatic heterocycles. The van der Waals surface area contributed by atoms with Crippen LogP contribution in [0.5, 0.6) is 0 Å². The van der Waals surface area contributed by atoms with E-state index in [1.54, 1.807) is 6.26 Å². The van der Waals surface area contributed by atoms with Gasteiger partial charge in [0.05, 0.1) is 5.69 Å². The van der Waals surface area contributed by atoms with Crippen molar-refractivity contribution in [1.82, 2.24) is 9.88 Å². The smallest absolute Gasteiger partial charge is 0.196 e. The van der Waals surface area contributed by atoms with Crippen molar-refractivity contribution in [2.24, 2.45) is 0 Å². The number of aryl methyl sites for hydroxylation is 1. The minimum absolute atomic E-state index is 0.330. The molecule has 0 atom stereocenters. The quantitative estimate of drug-likeness (QED) is 0.710. The number of aromatic nitrogens is 1. The second-order valence-corrected chi connectivity index (χ2v) is 6.67. The van der Waals surface area contributed by atoms with E-state index < -0.39 is 0 Å². The third-order valence-electron chi connectivity index (χ3n) is 3.01. The van der Waals surface area contributed by atoms with Crippen LogP contribution in [0.3, 0.4) is 0 Å². The molecule has 0 unspecified atom stereocenters. The van der Waals surface area contributed by atoms with Crippen LogP contribution < -0.4 is 0 Å². The van der Waals surface area contributed by atoms with Crippen LogP contribution in [0.4, 0.5) is 0 Å². The number of hydrogen-bond donors (Lipinski definition) is 0. The molecule has 2 aromatic rings. The Morgan fingerprint density at radius 3 is 2.75 bits per heavy atom. The van der Waals surface area contributed by atoms with Gasteiger partial charge >= 0.3 is 0 Å². The van der Waals surface area contributed by atoms with Crippen LogP contribution in [-0.4, -0.2) is 16.4 Å². The first kappa shape index (κ1) is 15.0. The Morgan fingerprint density at radius 1 is 1.40 bits per heavy atom. The van der Waals surface area contributed by atoms with E-state index in [2.05, 4.69) is 49.4 Å². The second kappa shape index (κ2) is 6.86. The van der Waals surface area contributed by atoms with E-state index in [4.69, 9.17) is 4.42 Å². The molecule has 2 heterocycles. The molecule has 0 aromatic carbocycles. The Bertz CT molecular complexity index is 556. The minimum Gasteiger partial charge on any atom is -0.448 e. The molecule has 108 valence electrons. The summed E-state index contributed by atoms with van der Waals surface area (Å²) in [6.45, 7) is 12.7. The summed E-state index contributed by atoms with van der Waals surface area (Å²) in [5.74, 6) is 1.14. The lowest BCUT2D eigenvalue weighted by molar-refractivity contribution is 0.285. The fraction of sp³-hybridized carbons (Fsp3) is 0.438. The molecule has 0 aliphatic rings. The van der Waals surface area contributed by atoms with Gasteiger partial charge in [0.15, 0.2) is 5.89 Å². The summed E-state index contributed by atoms with van der Waals surface area (Å²) in [5, 5.41) is 0. The van der Waals surface area contributed by atoms with Crippen molar-refractivity contribution >= 4 is 11.3 Å². The first-order chi connectivity index (χ1) is 9.58. The maximum absolute atomic E-state index is 5.50. The molecule has 4 heteroatoms. The molecule has 0 N–H and O–H groups in total. The van der Waals surface area contributed by atoms with Gasteiger partial charge in [-0.3, -0.25) is 4.90 Å². The molecular weight excluding hydrogens is 268 g/mol. The van der Waals surface area contributed by atoms with E-state index >= 15 is 0 Å². The zero-order valence-electron chi connectivity index (χ0n) is 12.4. The topological polar surface area (TPSA) is 29.3 Å². The van der Waals surface area contributed by atoms with Gasteiger partial charge in [0.2, 0.25) is 0 Å². The lowest BCUT2D eigenvalue weighted by Gasteiger charge is -2.18. The third-order valence-corrected chi connectivity index (χ3v) is 4.00. The van der Waals surface area contributed by atoms with E-state index in [9.17, 15) is 0 Å². The van der Waals surface area contributed by atoms with E-state index in [1.165, 1.54) is 9.75 Å². The normalized spacial score (nSPS) is 11.4. The van der Waals surface area contributed by atoms with Crippen molar-refractivity contribution in [1.29, 1.82) is 0 Å². The van der Waals surface area contributed by atoms with Crippen molar-refractivity contribution in [2.45, 2.75) is 39.8 Å². The molecule has 0 fully saturated rings. The molecule has 0 bridgehead atoms. The zero-order chi connectivity index (χ0) is 14.5. The van der Waals surface area contributed by atoms with Crippen molar-refractivity contribution < 1.29 is 4.42 Å². The van der Waals surface area contributed by atoms with Crippen LogP contribution in [0, 0.1) is 6.92 Å². The summed E-state index contributed by atoms with van der Waals surface area (Å²) >= 11 is 1.84. The fourth-order valence-electron chi connectivity index (χ4n) is 2.05. The van der Waals surface area contributed by atoms with Gasteiger partial charge in [-0.2, -0.15) is 0 Å². The van der Waals surface area contributed by atoms with Gasteiger partial charge in [0.25, 0.3) is 0 Å². The average molecular weight is 290 g/mol. The zero-order valence-corrected chi connectivity index (χ0v) is 13.2. The van der Waals surface area contributed by atoms with Gasteiger partial charge in [0.1, 0.15) is 6.26 Å². The molecule has 3 nitrogen and oxygen atoms in total. The summed E-state index contributed by atoms with van der Waals surface area (Å²) < 4.78 is 5.50. The summed E-state index contributed by atoms with van der Waals surface area (Å²) in [6.07, 6.45) is 3.70. The SMILES string of the molecule is C=CCN(Cc1coc(C(C)C)n1)Cc1ccc(C)s1. The van der Waals surface area contributed by atoms with E-state index in [-0.39, 0.29) is 0 Å². The highest BCUT2D eigenvalue weighted by Gasteiger charge is 2.12. The first-order valence-corrected chi connectivity index (χ1v) is 7.73. The molecule has 0 saturated heterocycles. The Hall–Kier alpha value is -1.39. The highest BCUT2D eigenvalue weighted by atomic mass is 32.1. The van der Waals surface area contributed by atoms with Gasteiger partial charge in [-0.1, -0.05) is 19.9 Å². The summed E-state index contributed by atoms with van der Waals surface area (Å²) in [7, 11) is 0. The first-order valence-electron chi connectivity index (χ1n) is 6.91. The number of hydrogen-bond acceptors (Lipinski definition) is 4. The van der Waals surface area contributed by atoms with Crippen LogP contribution >= 0.6 is 11.3 Å². The summed E-state index contributed by atoms with van der Waals surface area (Å²) in [6, 6.07) is 4.36. The van der Waals surface area contributed by atoms with Gasteiger partial charge < -0.3 is 4.42 Å². The molecule has 0 spiro atoms. The Balaban J connectivity index is 2.02. The average Bonchev–Trinajstić information content (AvgIpc) is 2.99. The maximum atomic E-state index is 5.50. The van der Waals surface area contributed by atoms with Crippen molar-refractivity contribution in [3.8, 4) is 0 Å². The lowest BCUT2D eigenvalue weighted by Crippen LogP contribution is -2.22. The second-order valence-electron chi connectivity index (χ2n) is 5.30. The third kappa shape index (κ3) is 4.05. The monoisotopic (exact) mass is 290 g/mol. The number of thiophene rings is 1. The van der Waals surface area contributed by atoms with Crippen LogP contribution in [0.2, 0.25) is 0 Å². The van der Waals surface area contributed by atoms with Crippen LogP contribution in [0.25, 0.3) is 0 Å². The fourth-order valence-corrected chi connectivity index (χ4v) is 2.98. The molecule has 0 amide bonds. The summed E-state index contributed by atoms with van der Waals surface area (Å²) in [4.78, 5) is 9.58. The maximum Gasteiger partial charge on any atom is 0.196 e. The van der Waals surface area contributed by atoms with Crippen molar-refractivity contribution in [3.63, 3.8) is 0 Å². The number of oxazole rings is 1. The molecule has 20 heavy (non-hydrogen) atoms. The molecule has 0 aliphatic carbocycles. The van der Waals surface area contributed by atoms with E-state index in [0.29, 0.717) is 5.92 Å². The van der Waals surface area contributed by atoms with E-state index in [0.717, 1.165) is 31.2 Å². The predicted molar refractivity (Wildman–Crippen MR) is 84.0 cm³/mol. The highest BCUT2D eigenvalue weighted by molar-refractivity contribution is 7.11.